The fourth-order valence-corrected chi connectivity index (χ4v) is 1.14. The van der Waals surface area contributed by atoms with E-state index >= 15 is 0 Å². The van der Waals surface area contributed by atoms with E-state index in [9.17, 15) is 13.6 Å². The summed E-state index contributed by atoms with van der Waals surface area (Å²) in [5, 5.41) is 0. The van der Waals surface area contributed by atoms with Crippen molar-refractivity contribution in [2.45, 2.75) is 6.04 Å². The first-order chi connectivity index (χ1) is 7.10. The molecule has 0 aliphatic carbocycles. The molecule has 0 radical (unpaired) electrons. The number of carbonyl (C=O) groups is 1. The van der Waals surface area contributed by atoms with Crippen molar-refractivity contribution >= 4 is 6.29 Å². The van der Waals surface area contributed by atoms with Crippen molar-refractivity contribution in [3.63, 3.8) is 0 Å². The Morgan fingerprint density at radius 3 is 2.20 bits per heavy atom. The van der Waals surface area contributed by atoms with Crippen molar-refractivity contribution in [2.75, 3.05) is 0 Å². The Morgan fingerprint density at radius 1 is 1.27 bits per heavy atom. The molecule has 15 heavy (non-hydrogen) atoms. The van der Waals surface area contributed by atoms with Crippen molar-refractivity contribution in [1.82, 2.24) is 0 Å². The average molecular weight is 212 g/mol. The van der Waals surface area contributed by atoms with Crippen LogP contribution in [0, 0.1) is 11.6 Å². The van der Waals surface area contributed by atoms with Gasteiger partial charge in [-0.15, -0.1) is 0 Å². The van der Waals surface area contributed by atoms with Crippen LogP contribution in [0.25, 0.3) is 0 Å². The molecule has 0 amide bonds. The zero-order valence-corrected chi connectivity index (χ0v) is 7.78. The van der Waals surface area contributed by atoms with E-state index in [-0.39, 0.29) is 11.8 Å². The van der Waals surface area contributed by atoms with Gasteiger partial charge in [0.25, 0.3) is 0 Å². The predicted molar refractivity (Wildman–Crippen MR) is 52.0 cm³/mol. The van der Waals surface area contributed by atoms with Gasteiger partial charge in [-0.2, -0.15) is 0 Å². The fraction of sp³-hybridized carbons (Fsp3) is 0.100. The molecule has 4 N–H and O–H groups in total. The van der Waals surface area contributed by atoms with Gasteiger partial charge in [0.15, 0.2) is 6.29 Å². The van der Waals surface area contributed by atoms with Gasteiger partial charge in [0.2, 0.25) is 0 Å². The number of halogens is 2. The van der Waals surface area contributed by atoms with Crippen LogP contribution in [0.1, 0.15) is 22.0 Å². The first-order valence-electron chi connectivity index (χ1n) is 4.18. The molecule has 0 spiro atoms. The molecule has 1 aromatic carbocycles. The highest BCUT2D eigenvalue weighted by Crippen LogP contribution is 2.18. The van der Waals surface area contributed by atoms with E-state index in [0.29, 0.717) is 0 Å². The number of hydrogen-bond donors (Lipinski definition) is 2. The Balaban J connectivity index is 3.19. The minimum atomic E-state index is -0.930. The first-order valence-corrected chi connectivity index (χ1v) is 4.18. The molecule has 0 aliphatic heterocycles. The second-order valence-electron chi connectivity index (χ2n) is 2.93. The van der Waals surface area contributed by atoms with Crippen LogP contribution in [-0.2, 0) is 0 Å². The smallest absolute Gasteiger partial charge is 0.155 e. The van der Waals surface area contributed by atoms with Crippen molar-refractivity contribution in [3.05, 3.63) is 47.2 Å². The zero-order chi connectivity index (χ0) is 11.4. The van der Waals surface area contributed by atoms with Gasteiger partial charge in [0.05, 0.1) is 5.56 Å². The van der Waals surface area contributed by atoms with Crippen LogP contribution in [0.4, 0.5) is 8.78 Å². The Hall–Kier alpha value is -1.75. The highest BCUT2D eigenvalue weighted by atomic mass is 19.1. The first kappa shape index (κ1) is 11.3. The van der Waals surface area contributed by atoms with E-state index in [1.807, 2.05) is 0 Å². The van der Waals surface area contributed by atoms with E-state index in [4.69, 9.17) is 11.5 Å². The van der Waals surface area contributed by atoms with E-state index in [1.165, 1.54) is 12.3 Å². The van der Waals surface area contributed by atoms with Crippen LogP contribution in [0.2, 0.25) is 0 Å². The third-order valence-corrected chi connectivity index (χ3v) is 1.92. The molecule has 3 nitrogen and oxygen atoms in total. The van der Waals surface area contributed by atoms with Gasteiger partial charge in [-0.3, -0.25) is 4.79 Å². The molecule has 0 saturated heterocycles. The summed E-state index contributed by atoms with van der Waals surface area (Å²) in [6, 6.07) is 1.33. The maximum absolute atomic E-state index is 13.1. The molecule has 0 bridgehead atoms. The summed E-state index contributed by atoms with van der Waals surface area (Å²) < 4.78 is 26.3. The van der Waals surface area contributed by atoms with Gasteiger partial charge < -0.3 is 11.5 Å². The number of hydrogen-bond acceptors (Lipinski definition) is 3. The molecular formula is C10H10F2N2O. The summed E-state index contributed by atoms with van der Waals surface area (Å²) in [5.74, 6) is -1.86. The Morgan fingerprint density at radius 2 is 1.80 bits per heavy atom. The van der Waals surface area contributed by atoms with E-state index in [0.717, 1.165) is 12.1 Å². The summed E-state index contributed by atoms with van der Waals surface area (Å²) in [4.78, 5) is 10.3. The third kappa shape index (κ3) is 2.38. The summed E-state index contributed by atoms with van der Waals surface area (Å²) >= 11 is 0. The summed E-state index contributed by atoms with van der Waals surface area (Å²) in [6.45, 7) is 0. The fourth-order valence-electron chi connectivity index (χ4n) is 1.14. The van der Waals surface area contributed by atoms with Crippen LogP contribution in [0.5, 0.6) is 0 Å². The number of rotatable bonds is 3. The lowest BCUT2D eigenvalue weighted by atomic mass is 10.0. The summed E-state index contributed by atoms with van der Waals surface area (Å²) in [5.41, 5.74) is 10.3. The predicted octanol–water partition coefficient (Wildman–Crippen LogP) is 1.25. The molecule has 0 aliphatic rings. The zero-order valence-electron chi connectivity index (χ0n) is 7.78. The van der Waals surface area contributed by atoms with Gasteiger partial charge in [0.1, 0.15) is 11.6 Å². The lowest BCUT2D eigenvalue weighted by Crippen LogP contribution is -2.09. The van der Waals surface area contributed by atoms with Crippen molar-refractivity contribution in [2.24, 2.45) is 11.5 Å². The van der Waals surface area contributed by atoms with Gasteiger partial charge in [-0.05, 0) is 30.0 Å². The highest BCUT2D eigenvalue weighted by molar-refractivity contribution is 5.75. The monoisotopic (exact) mass is 212 g/mol. The molecule has 0 aromatic heterocycles. The molecule has 0 saturated carbocycles. The number of nitrogens with two attached hydrogens (primary N) is 2. The Labute approximate surface area is 85.4 Å². The van der Waals surface area contributed by atoms with Gasteiger partial charge in [0, 0.05) is 6.04 Å². The third-order valence-electron chi connectivity index (χ3n) is 1.92. The molecule has 1 unspecified atom stereocenters. The van der Waals surface area contributed by atoms with Crippen LogP contribution < -0.4 is 11.5 Å². The van der Waals surface area contributed by atoms with Crippen molar-refractivity contribution in [3.8, 4) is 0 Å². The van der Waals surface area contributed by atoms with Crippen molar-refractivity contribution in [1.29, 1.82) is 0 Å². The van der Waals surface area contributed by atoms with Crippen LogP contribution in [0.15, 0.2) is 24.4 Å². The second kappa shape index (κ2) is 4.65. The van der Waals surface area contributed by atoms with Crippen LogP contribution >= 0.6 is 0 Å². The molecule has 80 valence electrons. The number of benzene rings is 1. The van der Waals surface area contributed by atoms with E-state index in [1.54, 1.807) is 0 Å². The minimum absolute atomic E-state index is 0.124. The van der Waals surface area contributed by atoms with E-state index in [2.05, 4.69) is 0 Å². The Bertz CT molecular complexity index is 381. The number of aldehydes is 1. The van der Waals surface area contributed by atoms with Gasteiger partial charge in [-0.25, -0.2) is 8.78 Å². The van der Waals surface area contributed by atoms with Gasteiger partial charge >= 0.3 is 0 Å². The van der Waals surface area contributed by atoms with E-state index < -0.39 is 23.2 Å². The topological polar surface area (TPSA) is 69.1 Å². The van der Waals surface area contributed by atoms with Crippen LogP contribution in [0.3, 0.4) is 0 Å². The van der Waals surface area contributed by atoms with Crippen molar-refractivity contribution < 1.29 is 13.6 Å². The van der Waals surface area contributed by atoms with Crippen LogP contribution in [-0.4, -0.2) is 6.29 Å². The number of carbonyl (C=O) groups excluding carboxylic acids is 1. The summed E-state index contributed by atoms with van der Waals surface area (Å²) in [7, 11) is 0. The molecule has 1 aromatic rings. The molecule has 5 heteroatoms. The quantitative estimate of drug-likeness (QED) is 0.741. The molecule has 1 rings (SSSR count). The maximum atomic E-state index is 13.1. The standard InChI is InChI=1S/C10H10F2N2O/c11-8-3-6(10(14)1-2-13)4-9(12)7(8)5-15/h1-5,10H,13-14H2/b2-1-. The Kier molecular flexibility index (Phi) is 3.51. The molecule has 0 heterocycles. The average Bonchev–Trinajstić information content (AvgIpc) is 2.17. The summed E-state index contributed by atoms with van der Waals surface area (Å²) in [6.07, 6.45) is 2.70. The van der Waals surface area contributed by atoms with Gasteiger partial charge in [-0.1, -0.05) is 0 Å². The lowest BCUT2D eigenvalue weighted by molar-refractivity contribution is 0.111. The minimum Gasteiger partial charge on any atom is -0.405 e. The molecule has 1 atom stereocenters. The normalized spacial score (nSPS) is 13.0. The molecular weight excluding hydrogens is 202 g/mol. The maximum Gasteiger partial charge on any atom is 0.155 e. The SMILES string of the molecule is N/C=C\C(N)c1cc(F)c(C=O)c(F)c1. The molecule has 0 fully saturated rings. The second-order valence-corrected chi connectivity index (χ2v) is 2.93. The largest absolute Gasteiger partial charge is 0.405 e. The lowest BCUT2D eigenvalue weighted by Gasteiger charge is -2.08. The highest BCUT2D eigenvalue weighted by Gasteiger charge is 2.12.